The van der Waals surface area contributed by atoms with E-state index in [0.717, 1.165) is 123 Å². The minimum atomic E-state index is -0.405. The van der Waals surface area contributed by atoms with Crippen LogP contribution in [-0.4, -0.2) is 42.2 Å². The molecule has 10 nitrogen and oxygen atoms in total. The average molecular weight is 1260 g/mol. The van der Waals surface area contributed by atoms with Crippen LogP contribution in [0.15, 0.2) is 334 Å². The van der Waals surface area contributed by atoms with Gasteiger partial charge in [0, 0.05) is 78.3 Å². The Kier molecular flexibility index (Phi) is 14.3. The molecule has 0 atom stereocenters. The zero-order chi connectivity index (χ0) is 65.0. The van der Waals surface area contributed by atoms with Crippen molar-refractivity contribution in [1.29, 1.82) is 0 Å². The molecule has 18 rings (SSSR count). The highest BCUT2D eigenvalue weighted by Crippen LogP contribution is 2.47. The number of aromatic nitrogens is 6. The molecule has 16 aromatic rings. The largest absolute Gasteiger partial charge is 0.457 e. The summed E-state index contributed by atoms with van der Waals surface area (Å²) >= 11 is 0. The molecule has 0 aliphatic carbocycles. The molecule has 3 aromatic heterocycles. The van der Waals surface area contributed by atoms with Gasteiger partial charge in [-0.15, -0.1) is 0 Å². The number of benzene rings is 13. The Labute approximate surface area is 566 Å². The summed E-state index contributed by atoms with van der Waals surface area (Å²) in [6, 6.07) is 115. The molecule has 0 bridgehead atoms. The molecule has 2 aliphatic heterocycles. The molecule has 0 spiro atoms. The van der Waals surface area contributed by atoms with Crippen molar-refractivity contribution < 1.29 is 9.53 Å². The molecule has 460 valence electrons. The van der Waals surface area contributed by atoms with Crippen molar-refractivity contribution >= 4 is 85.0 Å². The van der Waals surface area contributed by atoms with Crippen molar-refractivity contribution in [1.82, 2.24) is 29.5 Å². The van der Waals surface area contributed by atoms with Crippen LogP contribution in [0.5, 0.6) is 0 Å². The maximum Gasteiger partial charge on any atom is 0.338 e. The van der Waals surface area contributed by atoms with Crippen LogP contribution < -0.4 is 26.2 Å². The molecule has 5 heterocycles. The van der Waals surface area contributed by atoms with Crippen molar-refractivity contribution in [3.8, 4) is 84.9 Å². The first-order chi connectivity index (χ1) is 48.5. The van der Waals surface area contributed by atoms with E-state index in [9.17, 15) is 4.79 Å². The van der Waals surface area contributed by atoms with Gasteiger partial charge in [-0.25, -0.2) is 29.7 Å². The van der Waals surface area contributed by atoms with Crippen molar-refractivity contribution in [3.63, 3.8) is 0 Å². The van der Waals surface area contributed by atoms with Crippen molar-refractivity contribution in [2.24, 2.45) is 0 Å². The molecule has 11 heteroatoms. The lowest BCUT2D eigenvalue weighted by molar-refractivity contribution is 0.0473. The molecule has 0 N–H and O–H groups in total. The zero-order valence-electron chi connectivity index (χ0n) is 52.9. The second-order valence-electron chi connectivity index (χ2n) is 24.6. The van der Waals surface area contributed by atoms with Crippen molar-refractivity contribution in [3.05, 3.63) is 345 Å². The number of hydrogen-bond acceptors (Lipinski definition) is 9. The maximum atomic E-state index is 14.0. The summed E-state index contributed by atoms with van der Waals surface area (Å²) in [5, 5.41) is 1.85. The second kappa shape index (κ2) is 24.3. The van der Waals surface area contributed by atoms with Crippen molar-refractivity contribution in [2.75, 3.05) is 9.80 Å². The quantitative estimate of drug-likeness (QED) is 0.0825. The number of fused-ring (bicyclic) bond motifs is 7. The number of nitrogens with zero attached hydrogens (tertiary/aromatic N) is 8. The number of ether oxygens (including phenoxy) is 1. The van der Waals surface area contributed by atoms with Gasteiger partial charge in [0.1, 0.15) is 6.61 Å². The SMILES string of the molecule is O=C(OCc1ccccc1)c1ccc2c(c1)c1ccccc1n2-c1ccc(-c2nc(-c3ccccc3)nc(-c3ccccc3)n2)cc1-c1nc(-c2ccccc2)cc(-c2cccc(-c3cc4c5c(c3)N(c3ccccc3)c3ccccc3B5c3ccccc3N4c3ccccc3)c2)n1. The lowest BCUT2D eigenvalue weighted by Gasteiger charge is -2.44. The highest BCUT2D eigenvalue weighted by Gasteiger charge is 2.43. The monoisotopic (exact) mass is 1260 g/mol. The number of para-hydroxylation sites is 5. The Hall–Kier alpha value is -13.1. The Morgan fingerprint density at radius 2 is 0.816 bits per heavy atom. The first-order valence-electron chi connectivity index (χ1n) is 32.9. The van der Waals surface area contributed by atoms with E-state index in [4.69, 9.17) is 29.7 Å². The number of carbonyl (C=O) groups excluding carboxylic acids is 1. The molecule has 0 fully saturated rings. The van der Waals surface area contributed by atoms with Gasteiger partial charge < -0.3 is 19.1 Å². The number of hydrogen-bond donors (Lipinski definition) is 0. The van der Waals surface area contributed by atoms with E-state index in [2.05, 4.69) is 208 Å². The smallest absolute Gasteiger partial charge is 0.338 e. The molecule has 0 unspecified atom stereocenters. The highest BCUT2D eigenvalue weighted by atomic mass is 16.5. The summed E-state index contributed by atoms with van der Waals surface area (Å²) in [5.41, 5.74) is 23.0. The number of esters is 1. The summed E-state index contributed by atoms with van der Waals surface area (Å²) < 4.78 is 8.17. The Morgan fingerprint density at radius 3 is 1.43 bits per heavy atom. The number of anilines is 6. The van der Waals surface area contributed by atoms with Crippen LogP contribution in [0.4, 0.5) is 34.1 Å². The van der Waals surface area contributed by atoms with E-state index in [1.54, 1.807) is 0 Å². The van der Waals surface area contributed by atoms with Gasteiger partial charge in [0.2, 0.25) is 0 Å². The summed E-state index contributed by atoms with van der Waals surface area (Å²) in [6.07, 6.45) is 0. The van der Waals surface area contributed by atoms with Gasteiger partial charge in [-0.1, -0.05) is 231 Å². The summed E-state index contributed by atoms with van der Waals surface area (Å²) in [7, 11) is 0. The average Bonchev–Trinajstić information content (AvgIpc) is 0.879. The lowest BCUT2D eigenvalue weighted by atomic mass is 9.33. The Bertz CT molecular complexity index is 5570. The highest BCUT2D eigenvalue weighted by molar-refractivity contribution is 7.00. The summed E-state index contributed by atoms with van der Waals surface area (Å²) in [5.74, 6) is 1.65. The fourth-order valence-corrected chi connectivity index (χ4v) is 14.3. The van der Waals surface area contributed by atoms with Crippen LogP contribution >= 0.6 is 0 Å². The predicted molar refractivity (Wildman–Crippen MR) is 397 cm³/mol. The molecule has 2 aliphatic rings. The number of rotatable bonds is 13. The van der Waals surface area contributed by atoms with Crippen LogP contribution in [-0.2, 0) is 11.3 Å². The van der Waals surface area contributed by atoms with E-state index < -0.39 is 5.97 Å². The Balaban J connectivity index is 0.846. The van der Waals surface area contributed by atoms with Crippen LogP contribution in [0.25, 0.3) is 107 Å². The molecule has 0 radical (unpaired) electrons. The van der Waals surface area contributed by atoms with Gasteiger partial charge in [-0.05, 0) is 136 Å². The standard InChI is InChI=1S/C87H57BN8O2/c97-87(98-56-57-26-7-1-8-27-57)64-47-49-76-69(52-64)68-40-19-22-43-75(68)96(76)77-48-46-63(85-92-83(59-30-11-3-12-31-59)91-84(93-85)60-32-13-4-14-33-60)51-70(77)86-89-73(58-28-9-2-10-29-58)55-74(90-86)62-35-25-34-61(50-62)65-53-80-82-81(54-65)95(67-38-17-6-18-39-67)79-45-24-21-42-72(79)88(82)71-41-20-23-44-78(71)94(80)66-36-15-5-16-37-66/h1-55H,56H2. The molecule has 13 aromatic carbocycles. The maximum absolute atomic E-state index is 14.0. The minimum Gasteiger partial charge on any atom is -0.457 e. The second-order valence-corrected chi connectivity index (χ2v) is 24.6. The molecular formula is C87H57BN8O2. The fourth-order valence-electron chi connectivity index (χ4n) is 14.3. The normalized spacial score (nSPS) is 12.1. The van der Waals surface area contributed by atoms with Gasteiger partial charge >= 0.3 is 5.97 Å². The summed E-state index contributed by atoms with van der Waals surface area (Å²) in [6.45, 7) is 0.133. The third-order valence-electron chi connectivity index (χ3n) is 18.8. The molecular weight excluding hydrogens is 1200 g/mol. The van der Waals surface area contributed by atoms with E-state index in [1.165, 1.54) is 16.4 Å². The molecule has 0 saturated carbocycles. The number of carbonyl (C=O) groups is 1. The first kappa shape index (κ1) is 57.5. The van der Waals surface area contributed by atoms with E-state index >= 15 is 0 Å². The molecule has 0 saturated heterocycles. The Morgan fingerprint density at radius 1 is 0.327 bits per heavy atom. The van der Waals surface area contributed by atoms with Gasteiger partial charge in [0.25, 0.3) is 6.71 Å². The lowest BCUT2D eigenvalue weighted by Crippen LogP contribution is -2.61. The molecule has 0 amide bonds. The third kappa shape index (κ3) is 10.2. The van der Waals surface area contributed by atoms with Crippen LogP contribution in [0.2, 0.25) is 0 Å². The topological polar surface area (TPSA) is 102 Å². The molecule has 98 heavy (non-hydrogen) atoms. The predicted octanol–water partition coefficient (Wildman–Crippen LogP) is 18.9. The van der Waals surface area contributed by atoms with E-state index in [0.29, 0.717) is 28.9 Å². The fraction of sp³-hybridized carbons (Fsp3) is 0.0115. The summed E-state index contributed by atoms with van der Waals surface area (Å²) in [4.78, 5) is 45.8. The van der Waals surface area contributed by atoms with Crippen molar-refractivity contribution in [2.45, 2.75) is 6.61 Å². The van der Waals surface area contributed by atoms with Crippen LogP contribution in [0.1, 0.15) is 15.9 Å². The first-order valence-corrected chi connectivity index (χ1v) is 32.9. The zero-order valence-corrected chi connectivity index (χ0v) is 52.9. The van der Waals surface area contributed by atoms with Crippen LogP contribution in [0.3, 0.4) is 0 Å². The van der Waals surface area contributed by atoms with Gasteiger partial charge in [-0.2, -0.15) is 0 Å². The third-order valence-corrected chi connectivity index (χ3v) is 18.8. The van der Waals surface area contributed by atoms with Gasteiger partial charge in [-0.3, -0.25) is 0 Å². The minimum absolute atomic E-state index is 0.0251. The van der Waals surface area contributed by atoms with Gasteiger partial charge in [0.05, 0.1) is 33.7 Å². The van der Waals surface area contributed by atoms with E-state index in [-0.39, 0.29) is 13.3 Å². The van der Waals surface area contributed by atoms with Crippen LogP contribution in [0, 0.1) is 0 Å². The van der Waals surface area contributed by atoms with E-state index in [1.807, 2.05) is 140 Å². The van der Waals surface area contributed by atoms with Gasteiger partial charge in [0.15, 0.2) is 23.3 Å².